The van der Waals surface area contributed by atoms with Crippen LogP contribution < -0.4 is 10.1 Å². The summed E-state index contributed by atoms with van der Waals surface area (Å²) in [5.41, 5.74) is -0.350. The van der Waals surface area contributed by atoms with Crippen LogP contribution in [0.4, 0.5) is 17.6 Å². The molecule has 4 nitrogen and oxygen atoms in total. The lowest BCUT2D eigenvalue weighted by atomic mass is 9.89. The highest BCUT2D eigenvalue weighted by atomic mass is 19.4. The third kappa shape index (κ3) is 3.91. The van der Waals surface area contributed by atoms with E-state index in [1.807, 2.05) is 0 Å². The lowest BCUT2D eigenvalue weighted by molar-refractivity contribution is -0.141. The fourth-order valence-electron chi connectivity index (χ4n) is 3.27. The van der Waals surface area contributed by atoms with Gasteiger partial charge in [0.05, 0.1) is 6.20 Å². The highest BCUT2D eigenvalue weighted by molar-refractivity contribution is 5.84. The molecule has 2 heterocycles. The number of alkyl halides is 3. The fraction of sp³-hybridized carbons (Fsp3) is 0.300. The fourth-order valence-corrected chi connectivity index (χ4v) is 3.27. The van der Waals surface area contributed by atoms with Crippen molar-refractivity contribution in [1.29, 1.82) is 0 Å². The minimum Gasteiger partial charge on any atom is -0.489 e. The Kier molecular flexibility index (Phi) is 4.89. The van der Waals surface area contributed by atoms with E-state index >= 15 is 0 Å². The first-order chi connectivity index (χ1) is 13.4. The van der Waals surface area contributed by atoms with Crippen LogP contribution in [-0.2, 0) is 12.7 Å². The number of nitrogens with zero attached hydrogens (tertiary/aromatic N) is 2. The molecule has 0 radical (unpaired) electrons. The molecule has 0 atom stereocenters. The van der Waals surface area contributed by atoms with Crippen LogP contribution in [0, 0.1) is 5.82 Å². The van der Waals surface area contributed by atoms with Crippen LogP contribution in [0.3, 0.4) is 0 Å². The lowest BCUT2D eigenvalue weighted by Gasteiger charge is -2.36. The smallest absolute Gasteiger partial charge is 0.433 e. The number of rotatable bonds is 5. The Morgan fingerprint density at radius 1 is 1.07 bits per heavy atom. The molecule has 1 fully saturated rings. The summed E-state index contributed by atoms with van der Waals surface area (Å²) in [5.74, 6) is 0.0400. The van der Waals surface area contributed by atoms with E-state index < -0.39 is 11.9 Å². The average molecular weight is 391 g/mol. The monoisotopic (exact) mass is 391 g/mol. The standard InChI is InChI=1S/C20H17F4N3O/c21-18-3-1-12-9-25-6-5-16(12)17(18)11-26-13-7-15(8-13)28-14-2-4-19(27-10-14)20(22,23)24/h1-6,9-10,13,15,26H,7-8,11H2. The van der Waals surface area contributed by atoms with Crippen molar-refractivity contribution >= 4 is 10.8 Å². The van der Waals surface area contributed by atoms with Gasteiger partial charge in [-0.25, -0.2) is 9.37 Å². The molecule has 0 unspecified atom stereocenters. The second kappa shape index (κ2) is 7.35. The maximum atomic E-state index is 14.2. The van der Waals surface area contributed by atoms with Gasteiger partial charge in [0.25, 0.3) is 0 Å². The van der Waals surface area contributed by atoms with Crippen LogP contribution in [0.25, 0.3) is 10.8 Å². The quantitative estimate of drug-likeness (QED) is 0.651. The summed E-state index contributed by atoms with van der Waals surface area (Å²) in [6.45, 7) is 0.381. The number of nitrogens with one attached hydrogen (secondary N) is 1. The molecule has 146 valence electrons. The minimum atomic E-state index is -4.46. The molecule has 1 aromatic carbocycles. The van der Waals surface area contributed by atoms with Gasteiger partial charge in [-0.2, -0.15) is 13.2 Å². The third-order valence-corrected chi connectivity index (χ3v) is 4.87. The molecule has 0 spiro atoms. The van der Waals surface area contributed by atoms with Crippen molar-refractivity contribution in [1.82, 2.24) is 15.3 Å². The van der Waals surface area contributed by atoms with E-state index in [1.54, 1.807) is 24.5 Å². The molecule has 0 bridgehead atoms. The number of halogens is 4. The number of ether oxygens (including phenoxy) is 1. The Morgan fingerprint density at radius 2 is 1.89 bits per heavy atom. The Labute approximate surface area is 158 Å². The molecule has 0 saturated heterocycles. The average Bonchev–Trinajstić information content (AvgIpc) is 2.64. The number of benzene rings is 1. The molecule has 1 saturated carbocycles. The van der Waals surface area contributed by atoms with Crippen molar-refractivity contribution in [3.8, 4) is 5.75 Å². The first kappa shape index (κ1) is 18.6. The molecule has 1 N–H and O–H groups in total. The van der Waals surface area contributed by atoms with Gasteiger partial charge < -0.3 is 10.1 Å². The highest BCUT2D eigenvalue weighted by Gasteiger charge is 2.33. The van der Waals surface area contributed by atoms with Gasteiger partial charge in [-0.15, -0.1) is 0 Å². The molecular weight excluding hydrogens is 374 g/mol. The van der Waals surface area contributed by atoms with Crippen LogP contribution in [0.2, 0.25) is 0 Å². The predicted molar refractivity (Wildman–Crippen MR) is 95.2 cm³/mol. The van der Waals surface area contributed by atoms with Crippen molar-refractivity contribution in [2.75, 3.05) is 0 Å². The van der Waals surface area contributed by atoms with Crippen molar-refractivity contribution in [2.24, 2.45) is 0 Å². The van der Waals surface area contributed by atoms with Crippen LogP contribution in [0.15, 0.2) is 48.9 Å². The zero-order valence-electron chi connectivity index (χ0n) is 14.7. The molecule has 0 amide bonds. The van der Waals surface area contributed by atoms with Crippen molar-refractivity contribution < 1.29 is 22.3 Å². The van der Waals surface area contributed by atoms with E-state index in [2.05, 4.69) is 15.3 Å². The summed E-state index contributed by atoms with van der Waals surface area (Å²) in [5, 5.41) is 5.01. The molecule has 8 heteroatoms. The van der Waals surface area contributed by atoms with Crippen molar-refractivity contribution in [3.63, 3.8) is 0 Å². The summed E-state index contributed by atoms with van der Waals surface area (Å²) in [6, 6.07) is 7.26. The number of fused-ring (bicyclic) bond motifs is 1. The van der Waals surface area contributed by atoms with E-state index in [0.29, 0.717) is 30.7 Å². The zero-order valence-corrected chi connectivity index (χ0v) is 14.7. The van der Waals surface area contributed by atoms with E-state index in [4.69, 9.17) is 4.74 Å². The van der Waals surface area contributed by atoms with Crippen LogP contribution in [0.1, 0.15) is 24.1 Å². The lowest BCUT2D eigenvalue weighted by Crippen LogP contribution is -2.46. The molecule has 28 heavy (non-hydrogen) atoms. The molecule has 1 aliphatic rings. The maximum Gasteiger partial charge on any atom is 0.433 e. The minimum absolute atomic E-state index is 0.0994. The second-order valence-corrected chi connectivity index (χ2v) is 6.79. The van der Waals surface area contributed by atoms with Gasteiger partial charge in [-0.1, -0.05) is 0 Å². The van der Waals surface area contributed by atoms with Gasteiger partial charge in [0, 0.05) is 35.9 Å². The van der Waals surface area contributed by atoms with Gasteiger partial charge in [0.1, 0.15) is 23.4 Å². The largest absolute Gasteiger partial charge is 0.489 e. The van der Waals surface area contributed by atoms with Crippen LogP contribution in [-0.4, -0.2) is 22.1 Å². The van der Waals surface area contributed by atoms with Gasteiger partial charge in [-0.05, 0) is 48.6 Å². The Hall–Kier alpha value is -2.74. The first-order valence-electron chi connectivity index (χ1n) is 8.84. The summed E-state index contributed by atoms with van der Waals surface area (Å²) in [7, 11) is 0. The van der Waals surface area contributed by atoms with Crippen LogP contribution >= 0.6 is 0 Å². The normalized spacial score (nSPS) is 19.4. The van der Waals surface area contributed by atoms with E-state index in [1.165, 1.54) is 12.1 Å². The first-order valence-corrected chi connectivity index (χ1v) is 8.84. The second-order valence-electron chi connectivity index (χ2n) is 6.79. The Bertz CT molecular complexity index is 969. The van der Waals surface area contributed by atoms with E-state index in [-0.39, 0.29) is 18.0 Å². The highest BCUT2D eigenvalue weighted by Crippen LogP contribution is 2.30. The number of pyridine rings is 2. The van der Waals surface area contributed by atoms with Crippen molar-refractivity contribution in [3.05, 3.63) is 66.0 Å². The summed E-state index contributed by atoms with van der Waals surface area (Å²) >= 11 is 0. The summed E-state index contributed by atoms with van der Waals surface area (Å²) in [6.07, 6.45) is 1.24. The van der Waals surface area contributed by atoms with Gasteiger partial charge in [0.2, 0.25) is 0 Å². The topological polar surface area (TPSA) is 47.0 Å². The molecule has 4 rings (SSSR count). The molecule has 1 aliphatic carbocycles. The van der Waals surface area contributed by atoms with Gasteiger partial charge in [-0.3, -0.25) is 4.98 Å². The van der Waals surface area contributed by atoms with E-state index in [9.17, 15) is 17.6 Å². The number of aromatic nitrogens is 2. The Balaban J connectivity index is 1.30. The predicted octanol–water partition coefficient (Wildman–Crippen LogP) is 4.49. The van der Waals surface area contributed by atoms with Crippen LogP contribution in [0.5, 0.6) is 5.75 Å². The van der Waals surface area contributed by atoms with E-state index in [0.717, 1.165) is 23.0 Å². The van der Waals surface area contributed by atoms with Gasteiger partial charge in [0.15, 0.2) is 0 Å². The van der Waals surface area contributed by atoms with Crippen molar-refractivity contribution in [2.45, 2.75) is 37.7 Å². The molecular formula is C20H17F4N3O. The molecule has 0 aliphatic heterocycles. The third-order valence-electron chi connectivity index (χ3n) is 4.87. The summed E-state index contributed by atoms with van der Waals surface area (Å²) < 4.78 is 57.4. The SMILES string of the molecule is Fc1ccc2cnccc2c1CNC1CC(Oc2ccc(C(F)(F)F)nc2)C1. The van der Waals surface area contributed by atoms with Gasteiger partial charge >= 0.3 is 6.18 Å². The zero-order chi connectivity index (χ0) is 19.7. The number of hydrogen-bond donors (Lipinski definition) is 1. The maximum absolute atomic E-state index is 14.2. The number of hydrogen-bond acceptors (Lipinski definition) is 4. The molecule has 2 aromatic heterocycles. The Morgan fingerprint density at radius 3 is 2.61 bits per heavy atom. The molecule has 3 aromatic rings. The summed E-state index contributed by atoms with van der Waals surface area (Å²) in [4.78, 5) is 7.43.